The van der Waals surface area contributed by atoms with Gasteiger partial charge < -0.3 is 14.5 Å². The summed E-state index contributed by atoms with van der Waals surface area (Å²) in [4.78, 5) is 18.4. The van der Waals surface area contributed by atoms with Gasteiger partial charge in [-0.2, -0.15) is 8.78 Å². The maximum Gasteiger partial charge on any atom is 0.345 e. The molecule has 0 spiro atoms. The standard InChI is InChI=1S/C13H21F2N3O2/c1-2-16-5-9-3-4-10(6-16)18(9)13(19)17-7-11(8-17)20-12(14)15/h9-12H,2-8H2,1H3. The fourth-order valence-electron chi connectivity index (χ4n) is 3.55. The topological polar surface area (TPSA) is 36.0 Å². The molecule has 2 unspecified atom stereocenters. The number of carbonyl (C=O) groups is 1. The van der Waals surface area contributed by atoms with Gasteiger partial charge in [0, 0.05) is 25.2 Å². The smallest absolute Gasteiger partial charge is 0.319 e. The second-order valence-electron chi connectivity index (χ2n) is 5.85. The van der Waals surface area contributed by atoms with E-state index in [1.54, 1.807) is 4.90 Å². The van der Waals surface area contributed by atoms with Crippen molar-refractivity contribution in [3.8, 4) is 0 Å². The molecule has 3 fully saturated rings. The Morgan fingerprint density at radius 1 is 1.20 bits per heavy atom. The normalized spacial score (nSPS) is 31.0. The maximum absolute atomic E-state index is 12.5. The molecule has 3 aliphatic rings. The average Bonchev–Trinajstić information content (AvgIpc) is 2.63. The molecule has 114 valence electrons. The summed E-state index contributed by atoms with van der Waals surface area (Å²) < 4.78 is 28.5. The van der Waals surface area contributed by atoms with Gasteiger partial charge in [-0.05, 0) is 19.4 Å². The molecule has 3 saturated heterocycles. The predicted molar refractivity (Wildman–Crippen MR) is 68.6 cm³/mol. The Labute approximate surface area is 117 Å². The van der Waals surface area contributed by atoms with Gasteiger partial charge in [-0.15, -0.1) is 0 Å². The van der Waals surface area contributed by atoms with Crippen molar-refractivity contribution < 1.29 is 18.3 Å². The van der Waals surface area contributed by atoms with Crippen molar-refractivity contribution in [3.63, 3.8) is 0 Å². The largest absolute Gasteiger partial charge is 0.345 e. The zero-order valence-electron chi connectivity index (χ0n) is 11.7. The highest BCUT2D eigenvalue weighted by Crippen LogP contribution is 2.32. The van der Waals surface area contributed by atoms with E-state index in [4.69, 9.17) is 0 Å². The van der Waals surface area contributed by atoms with E-state index >= 15 is 0 Å². The van der Waals surface area contributed by atoms with E-state index in [1.165, 1.54) is 0 Å². The summed E-state index contributed by atoms with van der Waals surface area (Å²) in [6.45, 7) is 2.85. The van der Waals surface area contributed by atoms with Crippen molar-refractivity contribution in [2.45, 2.75) is 44.6 Å². The zero-order chi connectivity index (χ0) is 14.3. The van der Waals surface area contributed by atoms with E-state index in [2.05, 4.69) is 16.6 Å². The molecule has 2 bridgehead atoms. The van der Waals surface area contributed by atoms with E-state index in [0.29, 0.717) is 0 Å². The van der Waals surface area contributed by atoms with Gasteiger partial charge in [0.15, 0.2) is 0 Å². The molecule has 3 aliphatic heterocycles. The summed E-state index contributed by atoms with van der Waals surface area (Å²) in [7, 11) is 0. The molecular weight excluding hydrogens is 268 g/mol. The third kappa shape index (κ3) is 2.48. The number of likely N-dealkylation sites (N-methyl/N-ethyl adjacent to an activating group) is 1. The molecular formula is C13H21F2N3O2. The molecule has 5 nitrogen and oxygen atoms in total. The van der Waals surface area contributed by atoms with Gasteiger partial charge in [-0.25, -0.2) is 4.79 Å². The number of hydrogen-bond donors (Lipinski definition) is 0. The van der Waals surface area contributed by atoms with Gasteiger partial charge >= 0.3 is 12.6 Å². The number of nitrogens with zero attached hydrogens (tertiary/aromatic N) is 3. The number of halogens is 2. The number of fused-ring (bicyclic) bond motifs is 2. The lowest BCUT2D eigenvalue weighted by molar-refractivity contribution is -0.190. The Bertz CT molecular complexity index is 363. The van der Waals surface area contributed by atoms with Crippen molar-refractivity contribution in [1.29, 1.82) is 0 Å². The summed E-state index contributed by atoms with van der Waals surface area (Å²) in [5, 5.41) is 0. The van der Waals surface area contributed by atoms with Crippen LogP contribution >= 0.6 is 0 Å². The van der Waals surface area contributed by atoms with Crippen molar-refractivity contribution in [3.05, 3.63) is 0 Å². The molecule has 0 N–H and O–H groups in total. The van der Waals surface area contributed by atoms with Crippen molar-refractivity contribution in [1.82, 2.24) is 14.7 Å². The number of piperazine rings is 1. The van der Waals surface area contributed by atoms with Crippen molar-refractivity contribution in [2.75, 3.05) is 32.7 Å². The zero-order valence-corrected chi connectivity index (χ0v) is 11.7. The predicted octanol–water partition coefficient (Wildman–Crippen LogP) is 1.20. The molecule has 20 heavy (non-hydrogen) atoms. The first-order valence-corrected chi connectivity index (χ1v) is 7.31. The Hall–Kier alpha value is -0.950. The second-order valence-corrected chi connectivity index (χ2v) is 5.85. The minimum Gasteiger partial charge on any atom is -0.319 e. The van der Waals surface area contributed by atoms with E-state index in [1.807, 2.05) is 4.90 Å². The van der Waals surface area contributed by atoms with Crippen LogP contribution in [0.1, 0.15) is 19.8 Å². The van der Waals surface area contributed by atoms with Crippen molar-refractivity contribution >= 4 is 6.03 Å². The molecule has 0 aliphatic carbocycles. The second kappa shape index (κ2) is 5.44. The first-order valence-electron chi connectivity index (χ1n) is 7.31. The highest BCUT2D eigenvalue weighted by molar-refractivity contribution is 5.76. The highest BCUT2D eigenvalue weighted by Gasteiger charge is 2.46. The van der Waals surface area contributed by atoms with Crippen LogP contribution < -0.4 is 0 Å². The Morgan fingerprint density at radius 2 is 1.80 bits per heavy atom. The molecule has 0 radical (unpaired) electrons. The lowest BCUT2D eigenvalue weighted by Crippen LogP contribution is -2.64. The molecule has 3 rings (SSSR count). The van der Waals surface area contributed by atoms with E-state index < -0.39 is 12.7 Å². The highest BCUT2D eigenvalue weighted by atomic mass is 19.3. The van der Waals surface area contributed by atoms with E-state index in [0.717, 1.165) is 32.5 Å². The third-order valence-corrected chi connectivity index (χ3v) is 4.64. The number of amides is 2. The summed E-state index contributed by atoms with van der Waals surface area (Å²) >= 11 is 0. The summed E-state index contributed by atoms with van der Waals surface area (Å²) in [6, 6.07) is 0.579. The Balaban J connectivity index is 1.54. The maximum atomic E-state index is 12.5. The average molecular weight is 289 g/mol. The monoisotopic (exact) mass is 289 g/mol. The van der Waals surface area contributed by atoms with E-state index in [9.17, 15) is 13.6 Å². The van der Waals surface area contributed by atoms with Gasteiger partial charge in [-0.3, -0.25) is 4.90 Å². The molecule has 2 atom stereocenters. The minimum atomic E-state index is -2.75. The first kappa shape index (κ1) is 14.0. The number of alkyl halides is 2. The first-order chi connectivity index (χ1) is 9.58. The number of rotatable bonds is 3. The lowest BCUT2D eigenvalue weighted by Gasteiger charge is -2.46. The minimum absolute atomic E-state index is 0.00219. The third-order valence-electron chi connectivity index (χ3n) is 4.64. The fraction of sp³-hybridized carbons (Fsp3) is 0.923. The molecule has 0 aromatic carbocycles. The number of hydrogen-bond acceptors (Lipinski definition) is 3. The van der Waals surface area contributed by atoms with Gasteiger partial charge in [0.25, 0.3) is 0 Å². The van der Waals surface area contributed by atoms with Crippen LogP contribution in [-0.4, -0.2) is 78.3 Å². The van der Waals surface area contributed by atoms with Crippen LogP contribution in [0.25, 0.3) is 0 Å². The van der Waals surface area contributed by atoms with Crippen LogP contribution in [0.3, 0.4) is 0 Å². The lowest BCUT2D eigenvalue weighted by atomic mass is 10.1. The van der Waals surface area contributed by atoms with Crippen LogP contribution in [0.15, 0.2) is 0 Å². The summed E-state index contributed by atoms with van der Waals surface area (Å²) in [5.41, 5.74) is 0. The SMILES string of the molecule is CCN1CC2CCC(C1)N2C(=O)N1CC(OC(F)F)C1. The summed E-state index contributed by atoms with van der Waals surface area (Å²) in [6.07, 6.45) is 1.60. The number of carbonyl (C=O) groups excluding carboxylic acids is 1. The molecule has 0 aromatic heterocycles. The Morgan fingerprint density at radius 3 is 2.30 bits per heavy atom. The van der Waals surface area contributed by atoms with Crippen LogP contribution in [0.4, 0.5) is 13.6 Å². The van der Waals surface area contributed by atoms with Gasteiger partial charge in [0.2, 0.25) is 0 Å². The number of likely N-dealkylation sites (tertiary alicyclic amines) is 2. The number of ether oxygens (including phenoxy) is 1. The van der Waals surface area contributed by atoms with Crippen molar-refractivity contribution in [2.24, 2.45) is 0 Å². The van der Waals surface area contributed by atoms with Crippen LogP contribution in [-0.2, 0) is 4.74 Å². The van der Waals surface area contributed by atoms with Gasteiger partial charge in [0.05, 0.1) is 19.2 Å². The Kier molecular flexibility index (Phi) is 3.81. The van der Waals surface area contributed by atoms with Crippen LogP contribution in [0, 0.1) is 0 Å². The van der Waals surface area contributed by atoms with Gasteiger partial charge in [0.1, 0.15) is 0 Å². The molecule has 3 heterocycles. The fourth-order valence-corrected chi connectivity index (χ4v) is 3.55. The summed E-state index contributed by atoms with van der Waals surface area (Å²) in [5.74, 6) is 0. The molecule has 2 amide bonds. The molecule has 0 saturated carbocycles. The molecule has 7 heteroatoms. The van der Waals surface area contributed by atoms with Gasteiger partial charge in [-0.1, -0.05) is 6.92 Å². The van der Waals surface area contributed by atoms with E-state index in [-0.39, 0.29) is 31.2 Å². The number of urea groups is 1. The quantitative estimate of drug-likeness (QED) is 0.783. The van der Waals surface area contributed by atoms with Crippen LogP contribution in [0.2, 0.25) is 0 Å². The van der Waals surface area contributed by atoms with Crippen LogP contribution in [0.5, 0.6) is 0 Å². The molecule has 0 aromatic rings.